The second-order valence-corrected chi connectivity index (χ2v) is 6.80. The molecule has 1 aromatic rings. The number of hydrogen-bond acceptors (Lipinski definition) is 2. The molecule has 2 nitrogen and oxygen atoms in total. The minimum Gasteiger partial charge on any atom is -0.312 e. The lowest BCUT2D eigenvalue weighted by Gasteiger charge is -2.24. The summed E-state index contributed by atoms with van der Waals surface area (Å²) in [7, 11) is 2.12. The summed E-state index contributed by atoms with van der Waals surface area (Å²) in [6.45, 7) is 6.92. The maximum absolute atomic E-state index is 14.0. The molecule has 0 saturated heterocycles. The maximum atomic E-state index is 14.0. The highest BCUT2D eigenvalue weighted by atomic mass is 19.1. The molecular weight excluding hydrogens is 263 g/mol. The standard InChI is InChI=1S/C18H29FN2/c1-14(2)11-20-12-15-8-9-18(19)16(10-15)13-21(3)17-6-4-5-7-17/h8-10,14,17,20H,4-7,11-13H2,1-3H3. The lowest BCUT2D eigenvalue weighted by atomic mass is 10.1. The molecule has 0 bridgehead atoms. The Morgan fingerprint density at radius 1 is 1.29 bits per heavy atom. The molecule has 1 N–H and O–H groups in total. The Balaban J connectivity index is 1.94. The summed E-state index contributed by atoms with van der Waals surface area (Å²) in [5.74, 6) is 0.561. The summed E-state index contributed by atoms with van der Waals surface area (Å²) in [5, 5.41) is 3.42. The van der Waals surface area contributed by atoms with Crippen LogP contribution in [0.15, 0.2) is 18.2 Å². The van der Waals surface area contributed by atoms with Gasteiger partial charge in [0.1, 0.15) is 5.82 Å². The number of nitrogens with zero attached hydrogens (tertiary/aromatic N) is 1. The Morgan fingerprint density at radius 2 is 2.00 bits per heavy atom. The normalized spacial score (nSPS) is 16.3. The summed E-state index contributed by atoms with van der Waals surface area (Å²) in [5.41, 5.74) is 2.00. The Labute approximate surface area is 128 Å². The highest BCUT2D eigenvalue weighted by Gasteiger charge is 2.20. The van der Waals surface area contributed by atoms with Crippen LogP contribution < -0.4 is 5.32 Å². The van der Waals surface area contributed by atoms with Crippen LogP contribution in [-0.4, -0.2) is 24.5 Å². The van der Waals surface area contributed by atoms with Crippen molar-refractivity contribution in [3.05, 3.63) is 35.1 Å². The van der Waals surface area contributed by atoms with E-state index in [2.05, 4.69) is 31.1 Å². The predicted octanol–water partition coefficient (Wildman–Crippen LogP) is 3.95. The number of hydrogen-bond donors (Lipinski definition) is 1. The summed E-state index contributed by atoms with van der Waals surface area (Å²) in [4.78, 5) is 2.32. The van der Waals surface area contributed by atoms with Gasteiger partial charge in [-0.05, 0) is 44.0 Å². The third-order valence-corrected chi connectivity index (χ3v) is 4.36. The van der Waals surface area contributed by atoms with Crippen LogP contribution in [0.4, 0.5) is 4.39 Å². The van der Waals surface area contributed by atoms with Crippen molar-refractivity contribution < 1.29 is 4.39 Å². The molecule has 0 unspecified atom stereocenters. The van der Waals surface area contributed by atoms with Crippen LogP contribution in [0.3, 0.4) is 0 Å². The molecule has 0 atom stereocenters. The van der Waals surface area contributed by atoms with Crippen molar-refractivity contribution in [1.29, 1.82) is 0 Å². The van der Waals surface area contributed by atoms with Gasteiger partial charge in [0, 0.05) is 24.7 Å². The van der Waals surface area contributed by atoms with Gasteiger partial charge in [0.25, 0.3) is 0 Å². The van der Waals surface area contributed by atoms with Crippen LogP contribution in [0.5, 0.6) is 0 Å². The van der Waals surface area contributed by atoms with Gasteiger partial charge in [-0.2, -0.15) is 0 Å². The summed E-state index contributed by atoms with van der Waals surface area (Å²) >= 11 is 0. The molecular formula is C18H29FN2. The van der Waals surface area contributed by atoms with E-state index < -0.39 is 0 Å². The lowest BCUT2D eigenvalue weighted by molar-refractivity contribution is 0.234. The molecule has 0 aliphatic heterocycles. The number of halogens is 1. The van der Waals surface area contributed by atoms with Crippen molar-refractivity contribution >= 4 is 0 Å². The minimum atomic E-state index is -0.0764. The molecule has 1 fully saturated rings. The van der Waals surface area contributed by atoms with Gasteiger partial charge in [-0.15, -0.1) is 0 Å². The molecule has 1 saturated carbocycles. The SMILES string of the molecule is CC(C)CNCc1ccc(F)c(CN(C)C2CCCC2)c1. The van der Waals surface area contributed by atoms with E-state index in [0.717, 1.165) is 18.7 Å². The quantitative estimate of drug-likeness (QED) is 0.818. The van der Waals surface area contributed by atoms with E-state index in [4.69, 9.17) is 0 Å². The Morgan fingerprint density at radius 3 is 2.67 bits per heavy atom. The first-order chi connectivity index (χ1) is 10.1. The summed E-state index contributed by atoms with van der Waals surface area (Å²) < 4.78 is 14.0. The first-order valence-electron chi connectivity index (χ1n) is 8.24. The molecule has 1 aliphatic carbocycles. The minimum absolute atomic E-state index is 0.0764. The second kappa shape index (κ2) is 7.90. The van der Waals surface area contributed by atoms with E-state index in [1.807, 2.05) is 12.1 Å². The van der Waals surface area contributed by atoms with Crippen LogP contribution in [-0.2, 0) is 13.1 Å². The molecule has 2 rings (SSSR count). The van der Waals surface area contributed by atoms with E-state index in [0.29, 0.717) is 18.5 Å². The third kappa shape index (κ3) is 5.08. The van der Waals surface area contributed by atoms with E-state index in [-0.39, 0.29) is 5.82 Å². The third-order valence-electron chi connectivity index (χ3n) is 4.36. The van der Waals surface area contributed by atoms with E-state index in [1.54, 1.807) is 6.07 Å². The summed E-state index contributed by atoms with van der Waals surface area (Å²) in [6, 6.07) is 6.16. The molecule has 3 heteroatoms. The van der Waals surface area contributed by atoms with E-state index >= 15 is 0 Å². The number of nitrogens with one attached hydrogen (secondary N) is 1. The van der Waals surface area contributed by atoms with Gasteiger partial charge in [-0.3, -0.25) is 4.90 Å². The first kappa shape index (κ1) is 16.4. The van der Waals surface area contributed by atoms with E-state index in [1.165, 1.54) is 31.2 Å². The lowest BCUT2D eigenvalue weighted by Crippen LogP contribution is -2.29. The Bertz CT molecular complexity index is 439. The fourth-order valence-corrected chi connectivity index (χ4v) is 3.11. The van der Waals surface area contributed by atoms with Crippen molar-refractivity contribution in [2.24, 2.45) is 5.92 Å². The van der Waals surface area contributed by atoms with Gasteiger partial charge >= 0.3 is 0 Å². The smallest absolute Gasteiger partial charge is 0.127 e. The number of rotatable bonds is 7. The van der Waals surface area contributed by atoms with Crippen molar-refractivity contribution in [3.63, 3.8) is 0 Å². The van der Waals surface area contributed by atoms with E-state index in [9.17, 15) is 4.39 Å². The zero-order valence-electron chi connectivity index (χ0n) is 13.7. The maximum Gasteiger partial charge on any atom is 0.127 e. The second-order valence-electron chi connectivity index (χ2n) is 6.80. The molecule has 0 radical (unpaired) electrons. The number of benzene rings is 1. The highest BCUT2D eigenvalue weighted by Crippen LogP contribution is 2.24. The van der Waals surface area contributed by atoms with Crippen molar-refractivity contribution in [3.8, 4) is 0 Å². The van der Waals surface area contributed by atoms with Crippen molar-refractivity contribution in [2.75, 3.05) is 13.6 Å². The Hall–Kier alpha value is -0.930. The molecule has 1 aromatic carbocycles. The van der Waals surface area contributed by atoms with Gasteiger partial charge in [0.2, 0.25) is 0 Å². The van der Waals surface area contributed by atoms with Crippen LogP contribution >= 0.6 is 0 Å². The predicted molar refractivity (Wildman–Crippen MR) is 86.7 cm³/mol. The zero-order chi connectivity index (χ0) is 15.2. The summed E-state index contributed by atoms with van der Waals surface area (Å²) in [6.07, 6.45) is 5.15. The molecule has 1 aliphatic rings. The molecule has 0 aromatic heterocycles. The fourth-order valence-electron chi connectivity index (χ4n) is 3.11. The topological polar surface area (TPSA) is 15.3 Å². The van der Waals surface area contributed by atoms with Gasteiger partial charge < -0.3 is 5.32 Å². The average molecular weight is 292 g/mol. The largest absolute Gasteiger partial charge is 0.312 e. The highest BCUT2D eigenvalue weighted by molar-refractivity contribution is 5.25. The van der Waals surface area contributed by atoms with Gasteiger partial charge in [-0.1, -0.05) is 38.8 Å². The molecule has 21 heavy (non-hydrogen) atoms. The molecule has 0 heterocycles. The monoisotopic (exact) mass is 292 g/mol. The Kier molecular flexibility index (Phi) is 6.19. The van der Waals surface area contributed by atoms with Crippen LogP contribution in [0, 0.1) is 11.7 Å². The van der Waals surface area contributed by atoms with Crippen molar-refractivity contribution in [2.45, 2.75) is 58.7 Å². The van der Waals surface area contributed by atoms with Crippen LogP contribution in [0.2, 0.25) is 0 Å². The average Bonchev–Trinajstić information content (AvgIpc) is 2.96. The van der Waals surface area contributed by atoms with Gasteiger partial charge in [0.05, 0.1) is 0 Å². The molecule has 118 valence electrons. The first-order valence-corrected chi connectivity index (χ1v) is 8.24. The zero-order valence-corrected chi connectivity index (χ0v) is 13.7. The van der Waals surface area contributed by atoms with Crippen LogP contribution in [0.1, 0.15) is 50.7 Å². The molecule has 0 spiro atoms. The van der Waals surface area contributed by atoms with Gasteiger partial charge in [-0.25, -0.2) is 4.39 Å². The van der Waals surface area contributed by atoms with Crippen molar-refractivity contribution in [1.82, 2.24) is 10.2 Å². The van der Waals surface area contributed by atoms with Crippen LogP contribution in [0.25, 0.3) is 0 Å². The van der Waals surface area contributed by atoms with Gasteiger partial charge in [0.15, 0.2) is 0 Å². The molecule has 0 amide bonds. The fraction of sp³-hybridized carbons (Fsp3) is 0.667.